The largest absolute Gasteiger partial charge is 0.416 e. The van der Waals surface area contributed by atoms with Crippen LogP contribution in [-0.2, 0) is 17.4 Å². The van der Waals surface area contributed by atoms with Gasteiger partial charge in [-0.25, -0.2) is 9.97 Å². The number of amides is 2. The topological polar surface area (TPSA) is 132 Å². The maximum Gasteiger partial charge on any atom is 0.416 e. The Morgan fingerprint density at radius 2 is 1.65 bits per heavy atom. The van der Waals surface area contributed by atoms with Crippen LogP contribution in [0.4, 0.5) is 30.5 Å². The lowest BCUT2D eigenvalue weighted by molar-refractivity contribution is -0.137. The molecule has 2 aromatic heterocycles. The lowest BCUT2D eigenvalue weighted by Gasteiger charge is -2.31. The van der Waals surface area contributed by atoms with Crippen molar-refractivity contribution in [1.29, 1.82) is 5.41 Å². The number of aromatic nitrogens is 2. The number of aryl methyl sites for hydroxylation is 1. The summed E-state index contributed by atoms with van der Waals surface area (Å²) in [7, 11) is 1.76. The van der Waals surface area contributed by atoms with Gasteiger partial charge in [0, 0.05) is 49.1 Å². The molecule has 0 radical (unpaired) electrons. The van der Waals surface area contributed by atoms with Crippen LogP contribution in [-0.4, -0.2) is 47.1 Å². The molecule has 1 saturated carbocycles. The third kappa shape index (κ3) is 8.90. The SMILES string of the molecule is CNc1ncc2c(c1C(=N)c1ccc(C(=O)Nc3cc(C(F)(F)F)ccn3)cc1)N[C@@H]1CCCC(C1)C(=O)NCCCCCCCCC2. The molecular weight excluding hydrogens is 619 g/mol. The molecule has 1 aliphatic carbocycles. The molecule has 1 fully saturated rings. The second-order valence-electron chi connectivity index (χ2n) is 12.7. The van der Waals surface area contributed by atoms with Gasteiger partial charge in [-0.3, -0.25) is 15.0 Å². The summed E-state index contributed by atoms with van der Waals surface area (Å²) in [5, 5.41) is 21.8. The number of carbonyl (C=O) groups excluding carboxylic acids is 2. The molecule has 2 amide bonds. The lowest BCUT2D eigenvalue weighted by Crippen LogP contribution is -2.38. The summed E-state index contributed by atoms with van der Waals surface area (Å²) in [4.78, 5) is 34.5. The molecule has 48 heavy (non-hydrogen) atoms. The van der Waals surface area contributed by atoms with Crippen molar-refractivity contribution in [2.75, 3.05) is 29.5 Å². The van der Waals surface area contributed by atoms with E-state index in [1.165, 1.54) is 18.6 Å². The van der Waals surface area contributed by atoms with Crippen LogP contribution in [0.15, 0.2) is 48.8 Å². The standard InChI is InChI=1S/C36H44F3N7O2/c1-41-33-30(31(40)23-13-15-24(16-14-23)35(48)46-29-21-27(17-19-42-29)36(37,38)39)32-26(22-44-33)10-7-5-3-2-4-6-8-18-43-34(47)25-11-9-12-28(20-25)45-32/h13-17,19,21-22,25,28,40,45H,2-12,18,20H2,1H3,(H,41,44)(H,43,47)(H,42,46,48)/t25?,28-/m1/s1. The number of nitrogens with zero attached hydrogens (tertiary/aromatic N) is 2. The Morgan fingerprint density at radius 1 is 0.938 bits per heavy atom. The summed E-state index contributed by atoms with van der Waals surface area (Å²) >= 11 is 0. The molecule has 9 nitrogen and oxygen atoms in total. The zero-order valence-corrected chi connectivity index (χ0v) is 27.3. The van der Waals surface area contributed by atoms with Crippen LogP contribution in [0, 0.1) is 11.3 Å². The zero-order valence-electron chi connectivity index (χ0n) is 27.3. The van der Waals surface area contributed by atoms with Crippen molar-refractivity contribution in [3.63, 3.8) is 0 Å². The van der Waals surface area contributed by atoms with Crippen LogP contribution >= 0.6 is 0 Å². The number of pyridine rings is 2. The number of hydrogen-bond donors (Lipinski definition) is 5. The van der Waals surface area contributed by atoms with E-state index in [2.05, 4.69) is 26.3 Å². The summed E-state index contributed by atoms with van der Waals surface area (Å²) in [6, 6.07) is 8.04. The minimum atomic E-state index is -4.56. The monoisotopic (exact) mass is 663 g/mol. The van der Waals surface area contributed by atoms with Crippen molar-refractivity contribution in [1.82, 2.24) is 15.3 Å². The molecule has 2 bridgehead atoms. The highest BCUT2D eigenvalue weighted by Gasteiger charge is 2.31. The molecule has 12 heteroatoms. The van der Waals surface area contributed by atoms with E-state index in [9.17, 15) is 28.2 Å². The highest BCUT2D eigenvalue weighted by Crippen LogP contribution is 2.35. The number of carbonyl (C=O) groups is 2. The molecule has 3 heterocycles. The molecule has 3 aromatic rings. The number of benzene rings is 1. The minimum Gasteiger partial charge on any atom is -0.381 e. The first kappa shape index (κ1) is 34.8. The Morgan fingerprint density at radius 3 is 2.38 bits per heavy atom. The predicted octanol–water partition coefficient (Wildman–Crippen LogP) is 7.58. The van der Waals surface area contributed by atoms with Gasteiger partial charge >= 0.3 is 6.18 Å². The molecule has 2 aliphatic rings. The zero-order chi connectivity index (χ0) is 34.1. The van der Waals surface area contributed by atoms with Gasteiger partial charge in [-0.05, 0) is 68.4 Å². The van der Waals surface area contributed by atoms with E-state index >= 15 is 0 Å². The van der Waals surface area contributed by atoms with Gasteiger partial charge in [0.1, 0.15) is 11.6 Å². The van der Waals surface area contributed by atoms with Crippen molar-refractivity contribution in [2.45, 2.75) is 89.3 Å². The molecule has 0 saturated heterocycles. The van der Waals surface area contributed by atoms with Crippen LogP contribution in [0.1, 0.15) is 103 Å². The fourth-order valence-corrected chi connectivity index (χ4v) is 6.58. The van der Waals surface area contributed by atoms with Gasteiger partial charge < -0.3 is 21.3 Å². The van der Waals surface area contributed by atoms with Gasteiger partial charge in [0.25, 0.3) is 5.91 Å². The Labute approximate surface area is 279 Å². The molecule has 5 N–H and O–H groups in total. The number of halogens is 3. The number of nitrogens with one attached hydrogen (secondary N) is 5. The van der Waals surface area contributed by atoms with E-state index in [-0.39, 0.29) is 35.0 Å². The van der Waals surface area contributed by atoms with Gasteiger partial charge in [0.05, 0.1) is 22.5 Å². The van der Waals surface area contributed by atoms with Crippen LogP contribution < -0.4 is 21.3 Å². The first-order valence-corrected chi connectivity index (χ1v) is 16.9. The van der Waals surface area contributed by atoms with Crippen molar-refractivity contribution < 1.29 is 22.8 Å². The summed E-state index contributed by atoms with van der Waals surface area (Å²) in [5.41, 5.74) is 2.53. The molecule has 0 spiro atoms. The minimum absolute atomic E-state index is 0.0538. The second-order valence-corrected chi connectivity index (χ2v) is 12.7. The molecule has 1 aliphatic heterocycles. The normalized spacial score (nSPS) is 19.5. The third-order valence-electron chi connectivity index (χ3n) is 9.22. The van der Waals surface area contributed by atoms with Crippen LogP contribution in [0.2, 0.25) is 0 Å². The Balaban J connectivity index is 1.41. The Kier molecular flexibility index (Phi) is 11.7. The van der Waals surface area contributed by atoms with Crippen molar-refractivity contribution in [2.24, 2.45) is 5.92 Å². The molecular formula is C36H44F3N7O2. The van der Waals surface area contributed by atoms with E-state index in [1.54, 1.807) is 19.2 Å². The highest BCUT2D eigenvalue weighted by molar-refractivity contribution is 6.17. The average Bonchev–Trinajstić information content (AvgIpc) is 3.08. The maximum atomic E-state index is 13.1. The second kappa shape index (κ2) is 16.1. The van der Waals surface area contributed by atoms with Crippen LogP contribution in [0.5, 0.6) is 0 Å². The van der Waals surface area contributed by atoms with Gasteiger partial charge in [-0.2, -0.15) is 13.2 Å². The van der Waals surface area contributed by atoms with E-state index in [1.807, 2.05) is 6.20 Å². The number of anilines is 3. The molecule has 256 valence electrons. The number of rotatable bonds is 5. The quantitative estimate of drug-likeness (QED) is 0.179. The van der Waals surface area contributed by atoms with Crippen LogP contribution in [0.25, 0.3) is 0 Å². The predicted molar refractivity (Wildman–Crippen MR) is 182 cm³/mol. The van der Waals surface area contributed by atoms with Crippen molar-refractivity contribution >= 4 is 34.8 Å². The van der Waals surface area contributed by atoms with Gasteiger partial charge in [0.2, 0.25) is 5.91 Å². The summed E-state index contributed by atoms with van der Waals surface area (Å²) in [5.74, 6) is -0.224. The fraction of sp³-hybridized carbons (Fsp3) is 0.472. The van der Waals surface area contributed by atoms with E-state index < -0.39 is 17.6 Å². The molecule has 1 unspecified atom stereocenters. The lowest BCUT2D eigenvalue weighted by atomic mass is 9.84. The molecule has 5 rings (SSSR count). The molecule has 2 atom stereocenters. The number of fused-ring (bicyclic) bond motifs is 3. The number of hydrogen-bond acceptors (Lipinski definition) is 7. The smallest absolute Gasteiger partial charge is 0.381 e. The van der Waals surface area contributed by atoms with Crippen molar-refractivity contribution in [3.8, 4) is 0 Å². The fourth-order valence-electron chi connectivity index (χ4n) is 6.58. The summed E-state index contributed by atoms with van der Waals surface area (Å²) in [6.45, 7) is 0.720. The average molecular weight is 664 g/mol. The first-order chi connectivity index (χ1) is 23.1. The number of alkyl halides is 3. The Bertz CT molecular complexity index is 1590. The van der Waals surface area contributed by atoms with Crippen molar-refractivity contribution in [3.05, 3.63) is 76.6 Å². The summed E-state index contributed by atoms with van der Waals surface area (Å²) < 4.78 is 39.4. The van der Waals surface area contributed by atoms with E-state index in [4.69, 9.17) is 4.98 Å². The van der Waals surface area contributed by atoms with Crippen LogP contribution in [0.3, 0.4) is 0 Å². The maximum absolute atomic E-state index is 13.1. The highest BCUT2D eigenvalue weighted by atomic mass is 19.4. The Hall–Kier alpha value is -4.48. The van der Waals surface area contributed by atoms with Gasteiger partial charge in [0.15, 0.2) is 0 Å². The van der Waals surface area contributed by atoms with E-state index in [0.29, 0.717) is 23.4 Å². The van der Waals surface area contributed by atoms with Gasteiger partial charge in [-0.15, -0.1) is 0 Å². The molecule has 1 aromatic carbocycles. The van der Waals surface area contributed by atoms with Gasteiger partial charge in [-0.1, -0.05) is 50.7 Å². The summed E-state index contributed by atoms with van der Waals surface area (Å²) in [6.07, 6.45) is 10.2. The first-order valence-electron chi connectivity index (χ1n) is 16.9. The third-order valence-corrected chi connectivity index (χ3v) is 9.22. The van der Waals surface area contributed by atoms with E-state index in [0.717, 1.165) is 100 Å².